The van der Waals surface area contributed by atoms with Crippen molar-refractivity contribution in [2.24, 2.45) is 0 Å². The van der Waals surface area contributed by atoms with Crippen LogP contribution in [0.25, 0.3) is 0 Å². The zero-order chi connectivity index (χ0) is 15.7. The predicted molar refractivity (Wildman–Crippen MR) is 83.3 cm³/mol. The Hall–Kier alpha value is -1.97. The predicted octanol–water partition coefficient (Wildman–Crippen LogP) is 3.78. The zero-order valence-corrected chi connectivity index (χ0v) is 13.3. The summed E-state index contributed by atoms with van der Waals surface area (Å²) in [6.07, 6.45) is 6.82. The third kappa shape index (κ3) is 4.81. The Labute approximate surface area is 126 Å². The maximum atomic E-state index is 12.2. The minimum absolute atomic E-state index is 0.337. The Bertz CT molecular complexity index is 492. The number of ether oxygens (including phenoxy) is 3. The van der Waals surface area contributed by atoms with E-state index in [2.05, 4.69) is 19.1 Å². The van der Waals surface area contributed by atoms with Gasteiger partial charge in [0.25, 0.3) is 0 Å². The van der Waals surface area contributed by atoms with Crippen LogP contribution < -0.4 is 9.47 Å². The first-order valence-electron chi connectivity index (χ1n) is 7.24. The number of aryl methyl sites for hydroxylation is 1. The molecule has 0 atom stereocenters. The van der Waals surface area contributed by atoms with Gasteiger partial charge < -0.3 is 14.2 Å². The second kappa shape index (κ2) is 9.06. The summed E-state index contributed by atoms with van der Waals surface area (Å²) in [7, 11) is 3.14. The first-order chi connectivity index (χ1) is 10.2. The molecule has 0 aliphatic rings. The molecule has 0 amide bonds. The lowest BCUT2D eigenvalue weighted by molar-refractivity contribution is 0.0521. The van der Waals surface area contributed by atoms with Gasteiger partial charge in [-0.15, -0.1) is 0 Å². The van der Waals surface area contributed by atoms with Gasteiger partial charge in [0.1, 0.15) is 17.1 Å². The van der Waals surface area contributed by atoms with E-state index < -0.39 is 0 Å². The summed E-state index contributed by atoms with van der Waals surface area (Å²) >= 11 is 0. The lowest BCUT2D eigenvalue weighted by atomic mass is 10.0. The van der Waals surface area contributed by atoms with Crippen molar-refractivity contribution >= 4 is 5.97 Å². The molecule has 4 nitrogen and oxygen atoms in total. The molecule has 0 aliphatic heterocycles. The highest BCUT2D eigenvalue weighted by Gasteiger charge is 2.20. The fraction of sp³-hybridized carbons (Fsp3) is 0.471. The number of carbonyl (C=O) groups is 1. The summed E-state index contributed by atoms with van der Waals surface area (Å²) in [5, 5.41) is 0. The molecule has 0 aliphatic carbocycles. The molecule has 0 radical (unpaired) electrons. The van der Waals surface area contributed by atoms with Crippen LogP contribution in [0.2, 0.25) is 0 Å². The van der Waals surface area contributed by atoms with Crippen LogP contribution in [0.5, 0.6) is 11.5 Å². The van der Waals surface area contributed by atoms with E-state index in [1.165, 1.54) is 7.11 Å². The number of carbonyl (C=O) groups excluding carboxylic acids is 1. The molecule has 1 aromatic rings. The lowest BCUT2D eigenvalue weighted by Gasteiger charge is -2.14. The molecule has 1 rings (SSSR count). The van der Waals surface area contributed by atoms with Crippen LogP contribution in [0.3, 0.4) is 0 Å². The van der Waals surface area contributed by atoms with E-state index in [9.17, 15) is 4.79 Å². The molecular formula is C17H24O4. The molecule has 0 saturated carbocycles. The molecule has 21 heavy (non-hydrogen) atoms. The van der Waals surface area contributed by atoms with Crippen LogP contribution in [0.1, 0.15) is 42.6 Å². The summed E-state index contributed by atoms with van der Waals surface area (Å²) in [6, 6.07) is 3.58. The SMILES string of the molecule is CC/C=C\CCc1cc(OC)cc(OC)c1C(=O)OCC. The van der Waals surface area contributed by atoms with Crippen LogP contribution >= 0.6 is 0 Å². The molecule has 0 fully saturated rings. The maximum absolute atomic E-state index is 12.2. The van der Waals surface area contributed by atoms with Crippen LogP contribution in [-0.4, -0.2) is 26.8 Å². The lowest BCUT2D eigenvalue weighted by Crippen LogP contribution is -2.11. The molecular weight excluding hydrogens is 268 g/mol. The van der Waals surface area contributed by atoms with Crippen molar-refractivity contribution in [1.82, 2.24) is 0 Å². The van der Waals surface area contributed by atoms with E-state index in [0.29, 0.717) is 23.7 Å². The molecule has 0 heterocycles. The number of benzene rings is 1. The fourth-order valence-electron chi connectivity index (χ4n) is 2.08. The number of hydrogen-bond donors (Lipinski definition) is 0. The number of methoxy groups -OCH3 is 2. The monoisotopic (exact) mass is 292 g/mol. The van der Waals surface area contributed by atoms with Crippen LogP contribution in [0.15, 0.2) is 24.3 Å². The van der Waals surface area contributed by atoms with Gasteiger partial charge in [0, 0.05) is 6.07 Å². The smallest absolute Gasteiger partial charge is 0.342 e. The van der Waals surface area contributed by atoms with Gasteiger partial charge in [-0.05, 0) is 37.8 Å². The van der Waals surface area contributed by atoms with Crippen molar-refractivity contribution in [1.29, 1.82) is 0 Å². The third-order valence-electron chi connectivity index (χ3n) is 3.08. The molecule has 0 unspecified atom stereocenters. The molecule has 0 spiro atoms. The molecule has 0 bridgehead atoms. The van der Waals surface area contributed by atoms with Crippen molar-refractivity contribution in [3.8, 4) is 11.5 Å². The highest BCUT2D eigenvalue weighted by atomic mass is 16.5. The van der Waals surface area contributed by atoms with Gasteiger partial charge in [-0.25, -0.2) is 4.79 Å². The number of hydrogen-bond acceptors (Lipinski definition) is 4. The second-order valence-electron chi connectivity index (χ2n) is 4.50. The average Bonchev–Trinajstić information content (AvgIpc) is 2.50. The normalized spacial score (nSPS) is 10.7. The largest absolute Gasteiger partial charge is 0.497 e. The van der Waals surface area contributed by atoms with Gasteiger partial charge in [-0.3, -0.25) is 0 Å². The Kier molecular flexibility index (Phi) is 7.37. The van der Waals surface area contributed by atoms with Gasteiger partial charge in [0.05, 0.1) is 20.8 Å². The van der Waals surface area contributed by atoms with Crippen LogP contribution in [-0.2, 0) is 11.2 Å². The van der Waals surface area contributed by atoms with Crippen LogP contribution in [0.4, 0.5) is 0 Å². The standard InChI is InChI=1S/C17H24O4/c1-5-7-8-9-10-13-11-14(19-3)12-15(20-4)16(13)17(18)21-6-2/h7-8,11-12H,5-6,9-10H2,1-4H3/b8-7-. The molecule has 0 saturated heterocycles. The molecule has 1 aromatic carbocycles. The Morgan fingerprint density at radius 1 is 1.14 bits per heavy atom. The summed E-state index contributed by atoms with van der Waals surface area (Å²) < 4.78 is 15.7. The van der Waals surface area contributed by atoms with E-state index >= 15 is 0 Å². The minimum Gasteiger partial charge on any atom is -0.497 e. The highest BCUT2D eigenvalue weighted by Crippen LogP contribution is 2.30. The van der Waals surface area contributed by atoms with Gasteiger partial charge in [-0.1, -0.05) is 19.1 Å². The molecule has 116 valence electrons. The first kappa shape index (κ1) is 17.1. The quantitative estimate of drug-likeness (QED) is 0.540. The summed E-state index contributed by atoms with van der Waals surface area (Å²) in [4.78, 5) is 12.2. The van der Waals surface area contributed by atoms with Gasteiger partial charge >= 0.3 is 5.97 Å². The van der Waals surface area contributed by atoms with E-state index in [1.54, 1.807) is 20.1 Å². The second-order valence-corrected chi connectivity index (χ2v) is 4.50. The first-order valence-corrected chi connectivity index (χ1v) is 7.24. The van der Waals surface area contributed by atoms with Crippen molar-refractivity contribution < 1.29 is 19.0 Å². The van der Waals surface area contributed by atoms with E-state index in [1.807, 2.05) is 6.07 Å². The van der Waals surface area contributed by atoms with Crippen molar-refractivity contribution in [3.63, 3.8) is 0 Å². The zero-order valence-electron chi connectivity index (χ0n) is 13.3. The fourth-order valence-corrected chi connectivity index (χ4v) is 2.08. The van der Waals surface area contributed by atoms with Crippen molar-refractivity contribution in [3.05, 3.63) is 35.4 Å². The molecule has 0 N–H and O–H groups in total. The summed E-state index contributed by atoms with van der Waals surface area (Å²) in [6.45, 7) is 4.22. The number of rotatable bonds is 8. The Morgan fingerprint density at radius 2 is 1.90 bits per heavy atom. The average molecular weight is 292 g/mol. The summed E-state index contributed by atoms with van der Waals surface area (Å²) in [5.41, 5.74) is 1.37. The number of esters is 1. The Morgan fingerprint density at radius 3 is 2.48 bits per heavy atom. The van der Waals surface area contributed by atoms with Crippen molar-refractivity contribution in [2.45, 2.75) is 33.1 Å². The minimum atomic E-state index is -0.355. The van der Waals surface area contributed by atoms with Crippen LogP contribution in [0, 0.1) is 0 Å². The molecule has 4 heteroatoms. The van der Waals surface area contributed by atoms with Crippen molar-refractivity contribution in [2.75, 3.05) is 20.8 Å². The summed E-state index contributed by atoms with van der Waals surface area (Å²) in [5.74, 6) is 0.808. The third-order valence-corrected chi connectivity index (χ3v) is 3.08. The molecule has 0 aromatic heterocycles. The van der Waals surface area contributed by atoms with Gasteiger partial charge in [-0.2, -0.15) is 0 Å². The maximum Gasteiger partial charge on any atom is 0.342 e. The Balaban J connectivity index is 3.15. The topological polar surface area (TPSA) is 44.8 Å². The van der Waals surface area contributed by atoms with Gasteiger partial charge in [0.15, 0.2) is 0 Å². The highest BCUT2D eigenvalue weighted by molar-refractivity contribution is 5.94. The van der Waals surface area contributed by atoms with E-state index in [4.69, 9.17) is 14.2 Å². The van der Waals surface area contributed by atoms with Gasteiger partial charge in [0.2, 0.25) is 0 Å². The number of allylic oxidation sites excluding steroid dienone is 2. The van der Waals surface area contributed by atoms with E-state index in [0.717, 1.165) is 24.8 Å². The van der Waals surface area contributed by atoms with E-state index in [-0.39, 0.29) is 5.97 Å².